The van der Waals surface area contributed by atoms with E-state index in [9.17, 15) is 9.90 Å². The molecule has 1 aromatic rings. The maximum atomic E-state index is 11.6. The number of phenolic OH excluding ortho intramolecular Hbond substituents is 1. The van der Waals surface area contributed by atoms with Gasteiger partial charge in [0.2, 0.25) is 0 Å². The number of carbonyl (C=O) groups is 1. The topological polar surface area (TPSA) is 58.6 Å². The summed E-state index contributed by atoms with van der Waals surface area (Å²) in [4.78, 5) is 11.6. The van der Waals surface area contributed by atoms with Gasteiger partial charge in [0.25, 0.3) is 0 Å². The lowest BCUT2D eigenvalue weighted by Gasteiger charge is -2.12. The Morgan fingerprint density at radius 3 is 3.05 bits per heavy atom. The summed E-state index contributed by atoms with van der Waals surface area (Å²) < 4.78 is 5.00. The number of phenols is 1. The average Bonchev–Trinajstić information content (AvgIpc) is 2.87. The first-order valence-electron chi connectivity index (χ1n) is 6.52. The highest BCUT2D eigenvalue weighted by Gasteiger charge is 2.30. The normalized spacial score (nSPS) is 22.4. The molecule has 1 saturated heterocycles. The minimum Gasteiger partial charge on any atom is -0.508 e. The molecule has 1 unspecified atom stereocenters. The minimum absolute atomic E-state index is 0.167. The van der Waals surface area contributed by atoms with Crippen molar-refractivity contribution in [3.63, 3.8) is 0 Å². The van der Waals surface area contributed by atoms with E-state index in [-0.39, 0.29) is 17.4 Å². The standard InChI is InChI=1S/C14H19NO3S/c1-2-18-14(17)11-9-19-13(15-11)8-7-10-5-3-4-6-12(10)16/h3-6,11,13,15-16H,2,7-9H2,1H3/t11-,13?/m0/s1. The second-order valence-electron chi connectivity index (χ2n) is 4.46. The first-order valence-corrected chi connectivity index (χ1v) is 7.56. The quantitative estimate of drug-likeness (QED) is 0.808. The van der Waals surface area contributed by atoms with Crippen molar-refractivity contribution in [2.24, 2.45) is 0 Å². The zero-order chi connectivity index (χ0) is 13.7. The van der Waals surface area contributed by atoms with Gasteiger partial charge in [-0.05, 0) is 31.4 Å². The second kappa shape index (κ2) is 6.82. The number of thioether (sulfide) groups is 1. The van der Waals surface area contributed by atoms with Crippen LogP contribution in [0.15, 0.2) is 24.3 Å². The fourth-order valence-corrected chi connectivity index (χ4v) is 3.29. The second-order valence-corrected chi connectivity index (χ2v) is 5.70. The smallest absolute Gasteiger partial charge is 0.324 e. The van der Waals surface area contributed by atoms with Gasteiger partial charge in [0, 0.05) is 5.75 Å². The lowest BCUT2D eigenvalue weighted by atomic mass is 10.1. The summed E-state index contributed by atoms with van der Waals surface area (Å²) in [7, 11) is 0. The van der Waals surface area contributed by atoms with Gasteiger partial charge in [-0.3, -0.25) is 10.1 Å². The van der Waals surface area contributed by atoms with Crippen molar-refractivity contribution >= 4 is 17.7 Å². The molecule has 0 amide bonds. The van der Waals surface area contributed by atoms with Crippen LogP contribution in [0.3, 0.4) is 0 Å². The summed E-state index contributed by atoms with van der Waals surface area (Å²) in [6.45, 7) is 2.24. The highest BCUT2D eigenvalue weighted by molar-refractivity contribution is 8.00. The molecule has 0 aromatic heterocycles. The van der Waals surface area contributed by atoms with E-state index in [0.717, 1.165) is 24.2 Å². The summed E-state index contributed by atoms with van der Waals surface area (Å²) in [5, 5.41) is 13.2. The molecule has 2 rings (SSSR count). The summed E-state index contributed by atoms with van der Waals surface area (Å²) >= 11 is 1.74. The van der Waals surface area contributed by atoms with Crippen molar-refractivity contribution < 1.29 is 14.6 Å². The van der Waals surface area contributed by atoms with Crippen LogP contribution in [0.2, 0.25) is 0 Å². The van der Waals surface area contributed by atoms with E-state index in [1.54, 1.807) is 17.8 Å². The fourth-order valence-electron chi connectivity index (χ4n) is 2.09. The number of hydrogen-bond donors (Lipinski definition) is 2. The van der Waals surface area contributed by atoms with E-state index in [1.807, 2.05) is 25.1 Å². The van der Waals surface area contributed by atoms with E-state index in [1.165, 1.54) is 0 Å². The van der Waals surface area contributed by atoms with E-state index in [4.69, 9.17) is 4.74 Å². The van der Waals surface area contributed by atoms with E-state index in [2.05, 4.69) is 5.32 Å². The van der Waals surface area contributed by atoms with Gasteiger partial charge >= 0.3 is 5.97 Å². The molecule has 1 fully saturated rings. The van der Waals surface area contributed by atoms with Crippen LogP contribution in [-0.2, 0) is 16.0 Å². The first-order chi connectivity index (χ1) is 9.20. The lowest BCUT2D eigenvalue weighted by Crippen LogP contribution is -2.38. The molecule has 1 heterocycles. The third-order valence-corrected chi connectivity index (χ3v) is 4.39. The van der Waals surface area contributed by atoms with Crippen LogP contribution in [0.5, 0.6) is 5.75 Å². The van der Waals surface area contributed by atoms with E-state index < -0.39 is 0 Å². The molecule has 2 N–H and O–H groups in total. The highest BCUT2D eigenvalue weighted by Crippen LogP contribution is 2.25. The monoisotopic (exact) mass is 281 g/mol. The first kappa shape index (κ1) is 14.2. The van der Waals surface area contributed by atoms with Gasteiger partial charge in [-0.15, -0.1) is 11.8 Å². The Balaban J connectivity index is 1.80. The molecular weight excluding hydrogens is 262 g/mol. The van der Waals surface area contributed by atoms with Crippen molar-refractivity contribution in [1.29, 1.82) is 0 Å². The number of aromatic hydroxyl groups is 1. The maximum absolute atomic E-state index is 11.6. The molecule has 4 nitrogen and oxygen atoms in total. The number of ether oxygens (including phenoxy) is 1. The molecule has 19 heavy (non-hydrogen) atoms. The fraction of sp³-hybridized carbons (Fsp3) is 0.500. The molecule has 104 valence electrons. The van der Waals surface area contributed by atoms with Crippen LogP contribution in [0.1, 0.15) is 18.9 Å². The highest BCUT2D eigenvalue weighted by atomic mass is 32.2. The molecule has 2 atom stereocenters. The molecule has 0 aliphatic carbocycles. The summed E-state index contributed by atoms with van der Waals surface area (Å²) in [6.07, 6.45) is 1.69. The van der Waals surface area contributed by atoms with Crippen molar-refractivity contribution in [2.75, 3.05) is 12.4 Å². The van der Waals surface area contributed by atoms with Gasteiger partial charge in [-0.2, -0.15) is 0 Å². The van der Waals surface area contributed by atoms with Crippen LogP contribution in [0.25, 0.3) is 0 Å². The predicted molar refractivity (Wildman–Crippen MR) is 76.2 cm³/mol. The molecule has 1 aliphatic heterocycles. The molecule has 1 aromatic carbocycles. The molecule has 0 saturated carbocycles. The number of nitrogens with one attached hydrogen (secondary N) is 1. The molecular formula is C14H19NO3S. The van der Waals surface area contributed by atoms with Gasteiger partial charge < -0.3 is 9.84 Å². The van der Waals surface area contributed by atoms with Gasteiger partial charge in [-0.1, -0.05) is 18.2 Å². The molecule has 0 spiro atoms. The lowest BCUT2D eigenvalue weighted by molar-refractivity contribution is -0.144. The van der Waals surface area contributed by atoms with Gasteiger partial charge in [-0.25, -0.2) is 0 Å². The SMILES string of the molecule is CCOC(=O)[C@@H]1CSC(CCc2ccccc2O)N1. The van der Waals surface area contributed by atoms with E-state index >= 15 is 0 Å². The van der Waals surface area contributed by atoms with Crippen molar-refractivity contribution in [3.8, 4) is 5.75 Å². The number of hydrogen-bond acceptors (Lipinski definition) is 5. The van der Waals surface area contributed by atoms with E-state index in [0.29, 0.717) is 12.4 Å². The number of esters is 1. The Labute approximate surface area is 117 Å². The van der Waals surface area contributed by atoms with Crippen molar-refractivity contribution in [2.45, 2.75) is 31.2 Å². The molecule has 0 radical (unpaired) electrons. The Morgan fingerprint density at radius 2 is 2.32 bits per heavy atom. The summed E-state index contributed by atoms with van der Waals surface area (Å²) in [6, 6.07) is 7.17. The number of carbonyl (C=O) groups excluding carboxylic acids is 1. The van der Waals surface area contributed by atoms with Crippen LogP contribution >= 0.6 is 11.8 Å². The Morgan fingerprint density at radius 1 is 1.53 bits per heavy atom. The maximum Gasteiger partial charge on any atom is 0.324 e. The number of benzene rings is 1. The van der Waals surface area contributed by atoms with Crippen LogP contribution in [0, 0.1) is 0 Å². The number of rotatable bonds is 5. The molecule has 1 aliphatic rings. The van der Waals surface area contributed by atoms with Gasteiger partial charge in [0.15, 0.2) is 0 Å². The van der Waals surface area contributed by atoms with Gasteiger partial charge in [0.05, 0.1) is 12.0 Å². The van der Waals surface area contributed by atoms with Gasteiger partial charge in [0.1, 0.15) is 11.8 Å². The Bertz CT molecular complexity index is 438. The van der Waals surface area contributed by atoms with Crippen molar-refractivity contribution in [3.05, 3.63) is 29.8 Å². The summed E-state index contributed by atoms with van der Waals surface area (Å²) in [5.74, 6) is 0.928. The average molecular weight is 281 g/mol. The largest absolute Gasteiger partial charge is 0.508 e. The number of aryl methyl sites for hydroxylation is 1. The third-order valence-electron chi connectivity index (χ3n) is 3.09. The molecule has 0 bridgehead atoms. The van der Waals surface area contributed by atoms with Crippen LogP contribution in [-0.4, -0.2) is 34.9 Å². The minimum atomic E-state index is -0.195. The zero-order valence-corrected chi connectivity index (χ0v) is 11.8. The Hall–Kier alpha value is -1.20. The van der Waals surface area contributed by atoms with Crippen LogP contribution < -0.4 is 5.32 Å². The zero-order valence-electron chi connectivity index (χ0n) is 11.0. The third kappa shape index (κ3) is 3.88. The van der Waals surface area contributed by atoms with Crippen molar-refractivity contribution in [1.82, 2.24) is 5.32 Å². The van der Waals surface area contributed by atoms with Crippen LogP contribution in [0.4, 0.5) is 0 Å². The Kier molecular flexibility index (Phi) is 5.10. The predicted octanol–water partition coefficient (Wildman–Crippen LogP) is 1.92. The molecule has 5 heteroatoms. The number of para-hydroxylation sites is 1. The summed E-state index contributed by atoms with van der Waals surface area (Å²) in [5.41, 5.74) is 0.949.